The highest BCUT2D eigenvalue weighted by atomic mass is 35.5. The lowest BCUT2D eigenvalue weighted by Gasteiger charge is -2.42. The molecule has 0 atom stereocenters. The number of nitrogens with one attached hydrogen (secondary N) is 1. The Morgan fingerprint density at radius 3 is 1.60 bits per heavy atom. The lowest BCUT2D eigenvalue weighted by Crippen LogP contribution is -2.37. The lowest BCUT2D eigenvalue weighted by atomic mass is 9.62. The maximum atomic E-state index is 12.6. The van der Waals surface area contributed by atoms with Crippen LogP contribution in [0.5, 0.6) is 0 Å². The Kier molecular flexibility index (Phi) is 12.7. The van der Waals surface area contributed by atoms with Crippen molar-refractivity contribution in [2.24, 2.45) is 0 Å². The molecule has 1 amide bonds. The van der Waals surface area contributed by atoms with E-state index in [9.17, 15) is 27.2 Å². The van der Waals surface area contributed by atoms with Crippen molar-refractivity contribution in [3.8, 4) is 11.5 Å². The summed E-state index contributed by atoms with van der Waals surface area (Å²) < 4.78 is 54.3. The van der Waals surface area contributed by atoms with Crippen LogP contribution in [0.3, 0.4) is 0 Å². The Morgan fingerprint density at radius 2 is 1.20 bits per heavy atom. The molecule has 0 unspecified atom stereocenters. The lowest BCUT2D eigenvalue weighted by molar-refractivity contribution is -0.131. The minimum Gasteiger partial charge on any atom is -0.415 e. The van der Waals surface area contributed by atoms with Crippen molar-refractivity contribution in [2.75, 3.05) is 6.54 Å². The molecule has 2 saturated carbocycles. The fraction of sp³-hybridized carbons (Fsp3) is 0.351. The SMILES string of the molecule is FC(F)c1nnc(-c2cnc(CC3(c4ccc(Cl)c(Cl)c4)CCC3)nc2)o1.O=C(CNC(=O)C(F)F)c1cnc(CC2(c3ccc(Cl)c(Cl)c3)CCC2)nc1. The highest BCUT2D eigenvalue weighted by molar-refractivity contribution is 6.42. The number of alkyl halides is 4. The van der Waals surface area contributed by atoms with Gasteiger partial charge < -0.3 is 9.73 Å². The average molecular weight is 840 g/mol. The maximum Gasteiger partial charge on any atom is 0.315 e. The number of benzene rings is 2. The van der Waals surface area contributed by atoms with Crippen LogP contribution in [0.4, 0.5) is 17.6 Å². The van der Waals surface area contributed by atoms with Crippen LogP contribution in [0.1, 0.15) is 84.0 Å². The summed E-state index contributed by atoms with van der Waals surface area (Å²) in [5.41, 5.74) is 2.56. The van der Waals surface area contributed by atoms with Crippen molar-refractivity contribution in [1.29, 1.82) is 0 Å². The van der Waals surface area contributed by atoms with E-state index in [4.69, 9.17) is 50.8 Å². The van der Waals surface area contributed by atoms with Gasteiger partial charge in [0.15, 0.2) is 5.78 Å². The summed E-state index contributed by atoms with van der Waals surface area (Å²) in [7, 11) is 0. The van der Waals surface area contributed by atoms with Crippen LogP contribution in [-0.2, 0) is 28.5 Å². The van der Waals surface area contributed by atoms with Crippen LogP contribution in [0.25, 0.3) is 11.5 Å². The highest BCUT2D eigenvalue weighted by Crippen LogP contribution is 2.48. The Hall–Kier alpha value is -4.24. The number of carbonyl (C=O) groups excluding carboxylic acids is 2. The molecule has 7 rings (SSSR count). The number of hydrogen-bond donors (Lipinski definition) is 1. The number of halogens is 8. The summed E-state index contributed by atoms with van der Waals surface area (Å²) in [6.07, 6.45) is 7.14. The van der Waals surface area contributed by atoms with Gasteiger partial charge in [-0.15, -0.1) is 10.2 Å². The fourth-order valence-corrected chi connectivity index (χ4v) is 7.13. The van der Waals surface area contributed by atoms with Crippen molar-refractivity contribution < 1.29 is 31.6 Å². The van der Waals surface area contributed by atoms with E-state index in [1.807, 2.05) is 29.6 Å². The molecule has 5 aromatic rings. The minimum atomic E-state index is -3.16. The first kappa shape index (κ1) is 40.4. The van der Waals surface area contributed by atoms with Crippen molar-refractivity contribution in [1.82, 2.24) is 35.5 Å². The summed E-state index contributed by atoms with van der Waals surface area (Å²) in [6, 6.07) is 11.3. The average Bonchev–Trinajstić information content (AvgIpc) is 3.64. The van der Waals surface area contributed by atoms with Gasteiger partial charge in [-0.3, -0.25) is 9.59 Å². The molecule has 3 aromatic heterocycles. The predicted molar refractivity (Wildman–Crippen MR) is 197 cm³/mol. The molecule has 0 saturated heterocycles. The number of rotatable bonds is 12. The number of carbonyl (C=O) groups is 2. The number of hydrogen-bond acceptors (Lipinski definition) is 9. The fourth-order valence-electron chi connectivity index (χ4n) is 6.53. The summed E-state index contributed by atoms with van der Waals surface area (Å²) in [6.45, 7) is -0.529. The summed E-state index contributed by atoms with van der Waals surface area (Å²) >= 11 is 24.4. The van der Waals surface area contributed by atoms with Crippen LogP contribution in [-0.4, -0.2) is 54.8 Å². The van der Waals surface area contributed by atoms with Crippen molar-refractivity contribution in [3.63, 3.8) is 0 Å². The molecular formula is C37H31Cl4F4N7O3. The van der Waals surface area contributed by atoms with Crippen LogP contribution < -0.4 is 5.32 Å². The minimum absolute atomic E-state index is 0.0281. The van der Waals surface area contributed by atoms with Gasteiger partial charge in [-0.1, -0.05) is 71.4 Å². The monoisotopic (exact) mass is 837 g/mol. The zero-order valence-electron chi connectivity index (χ0n) is 28.7. The van der Waals surface area contributed by atoms with Crippen molar-refractivity contribution >= 4 is 58.1 Å². The van der Waals surface area contributed by atoms with Crippen LogP contribution in [0.15, 0.2) is 65.6 Å². The van der Waals surface area contributed by atoms with E-state index in [1.165, 1.54) is 24.8 Å². The van der Waals surface area contributed by atoms with Crippen molar-refractivity contribution in [2.45, 2.75) is 75.0 Å². The van der Waals surface area contributed by atoms with E-state index in [2.05, 4.69) is 30.1 Å². The summed E-state index contributed by atoms with van der Waals surface area (Å²) in [4.78, 5) is 40.0. The van der Waals surface area contributed by atoms with Gasteiger partial charge in [-0.25, -0.2) is 19.9 Å². The van der Waals surface area contributed by atoms with E-state index in [0.29, 0.717) is 50.1 Å². The third kappa shape index (κ3) is 9.42. The molecule has 2 aromatic carbocycles. The molecule has 0 radical (unpaired) electrons. The molecule has 0 bridgehead atoms. The molecule has 2 aliphatic carbocycles. The van der Waals surface area contributed by atoms with Gasteiger partial charge in [0, 0.05) is 48.5 Å². The van der Waals surface area contributed by atoms with E-state index in [1.54, 1.807) is 12.1 Å². The van der Waals surface area contributed by atoms with E-state index >= 15 is 0 Å². The number of ketones is 1. The number of amides is 1. The second-order valence-corrected chi connectivity index (χ2v) is 15.0. The van der Waals surface area contributed by atoms with Gasteiger partial charge in [0.1, 0.15) is 11.6 Å². The van der Waals surface area contributed by atoms with E-state index < -0.39 is 37.0 Å². The maximum absolute atomic E-state index is 12.6. The first-order chi connectivity index (χ1) is 26.3. The predicted octanol–water partition coefficient (Wildman–Crippen LogP) is 9.45. The Bertz CT molecular complexity index is 2150. The Balaban J connectivity index is 0.000000187. The zero-order valence-corrected chi connectivity index (χ0v) is 31.7. The molecule has 18 heteroatoms. The summed E-state index contributed by atoms with van der Waals surface area (Å²) in [5, 5.41) is 10.8. The highest BCUT2D eigenvalue weighted by Gasteiger charge is 2.41. The third-order valence-electron chi connectivity index (χ3n) is 9.91. The van der Waals surface area contributed by atoms with E-state index in [-0.39, 0.29) is 22.3 Å². The first-order valence-electron chi connectivity index (χ1n) is 17.0. The molecule has 288 valence electrons. The topological polar surface area (TPSA) is 137 Å². The number of nitrogens with zero attached hydrogens (tertiary/aromatic N) is 6. The van der Waals surface area contributed by atoms with Gasteiger partial charge in [0.05, 0.1) is 37.8 Å². The molecular weight excluding hydrogens is 808 g/mol. The largest absolute Gasteiger partial charge is 0.415 e. The third-order valence-corrected chi connectivity index (χ3v) is 11.4. The van der Waals surface area contributed by atoms with Gasteiger partial charge in [-0.2, -0.15) is 17.6 Å². The molecule has 0 aliphatic heterocycles. The molecule has 3 heterocycles. The molecule has 10 nitrogen and oxygen atoms in total. The van der Waals surface area contributed by atoms with Gasteiger partial charge >= 0.3 is 12.9 Å². The first-order valence-corrected chi connectivity index (χ1v) is 18.5. The smallest absolute Gasteiger partial charge is 0.315 e. The second kappa shape index (κ2) is 17.3. The number of Topliss-reactive ketones (excluding diaryl/α,β-unsaturated/α-hetero) is 1. The van der Waals surface area contributed by atoms with Gasteiger partial charge in [-0.05, 0) is 61.1 Å². The van der Waals surface area contributed by atoms with Gasteiger partial charge in [0.25, 0.3) is 17.7 Å². The molecule has 2 fully saturated rings. The van der Waals surface area contributed by atoms with Crippen LogP contribution in [0.2, 0.25) is 20.1 Å². The quantitative estimate of drug-likeness (QED) is 0.0963. The van der Waals surface area contributed by atoms with Gasteiger partial charge in [0.2, 0.25) is 0 Å². The van der Waals surface area contributed by atoms with Crippen molar-refractivity contribution in [3.05, 3.63) is 116 Å². The summed E-state index contributed by atoms with van der Waals surface area (Å²) in [5.74, 6) is -1.55. The van der Waals surface area contributed by atoms with Crippen LogP contribution >= 0.6 is 46.4 Å². The Morgan fingerprint density at radius 1 is 0.709 bits per heavy atom. The molecule has 55 heavy (non-hydrogen) atoms. The van der Waals surface area contributed by atoms with E-state index in [0.717, 1.165) is 49.7 Å². The Labute approximate surface area is 332 Å². The zero-order chi connectivity index (χ0) is 39.3. The standard InChI is InChI=1S/C19H17Cl2F2N3O2.C18H14Cl2F2N4O/c20-13-3-2-12(6-14(13)21)19(4-1-5-19)7-16-24-8-11(9-25-16)15(27)10-26-18(28)17(22)23;19-12-3-2-11(6-13(12)20)18(4-1-5-18)7-14-23-8-10(9-24-14)16-25-26-17(27-16)15(21)22/h2-3,6,8-9,17H,1,4-5,7,10H2,(H,26,28);2-3,6,8-9,15H,1,4-5,7H2. The van der Waals surface area contributed by atoms with Crippen LogP contribution in [0, 0.1) is 0 Å². The normalized spacial score (nSPS) is 15.5. The molecule has 2 aliphatic rings. The number of aromatic nitrogens is 6. The molecule has 0 spiro atoms. The second-order valence-electron chi connectivity index (χ2n) is 13.3. The molecule has 1 N–H and O–H groups in total.